The van der Waals surface area contributed by atoms with Crippen LogP contribution < -0.4 is 10.6 Å². The predicted octanol–water partition coefficient (Wildman–Crippen LogP) is 2.97. The molecule has 0 spiro atoms. The summed E-state index contributed by atoms with van der Waals surface area (Å²) in [4.78, 5) is 15.8. The quantitative estimate of drug-likeness (QED) is 0.882. The Balaban J connectivity index is 1.91. The van der Waals surface area contributed by atoms with E-state index in [2.05, 4.69) is 22.5 Å². The van der Waals surface area contributed by atoms with Crippen molar-refractivity contribution in [2.75, 3.05) is 5.32 Å². The molecule has 0 aliphatic heterocycles. The van der Waals surface area contributed by atoms with Gasteiger partial charge in [0.15, 0.2) is 0 Å². The fourth-order valence-corrected chi connectivity index (χ4v) is 1.80. The molecule has 1 aromatic carbocycles. The van der Waals surface area contributed by atoms with Crippen LogP contribution in [0, 0.1) is 0 Å². The number of nitrogens with one attached hydrogen (secondary N) is 2. The summed E-state index contributed by atoms with van der Waals surface area (Å²) in [5, 5.41) is 5.69. The zero-order valence-corrected chi connectivity index (χ0v) is 10.9. The van der Waals surface area contributed by atoms with Crippen molar-refractivity contribution in [3.8, 4) is 0 Å². The van der Waals surface area contributed by atoms with Crippen LogP contribution in [-0.4, -0.2) is 11.0 Å². The van der Waals surface area contributed by atoms with Crippen molar-refractivity contribution < 1.29 is 4.79 Å². The molecule has 0 unspecified atom stereocenters. The summed E-state index contributed by atoms with van der Waals surface area (Å²) >= 11 is 0. The molecule has 0 bridgehead atoms. The van der Waals surface area contributed by atoms with E-state index in [1.54, 1.807) is 12.4 Å². The predicted molar refractivity (Wildman–Crippen MR) is 75.9 cm³/mol. The number of amides is 2. The van der Waals surface area contributed by atoms with Gasteiger partial charge in [-0.2, -0.15) is 0 Å². The number of urea groups is 1. The molecule has 2 aromatic rings. The fourth-order valence-electron chi connectivity index (χ4n) is 1.80. The molecule has 1 aromatic heterocycles. The molecular formula is C15H17N3O. The number of aryl methyl sites for hydroxylation is 1. The van der Waals surface area contributed by atoms with Gasteiger partial charge in [0.2, 0.25) is 0 Å². The average molecular weight is 255 g/mol. The molecule has 1 heterocycles. The highest BCUT2D eigenvalue weighted by Gasteiger charge is 2.04. The minimum Gasteiger partial charge on any atom is -0.334 e. The van der Waals surface area contributed by atoms with Gasteiger partial charge in [-0.15, -0.1) is 0 Å². The lowest BCUT2D eigenvalue weighted by atomic mass is 10.1. The second-order valence-electron chi connectivity index (χ2n) is 4.17. The molecule has 4 heteroatoms. The molecule has 19 heavy (non-hydrogen) atoms. The monoisotopic (exact) mass is 255 g/mol. The summed E-state index contributed by atoms with van der Waals surface area (Å²) in [7, 11) is 0. The van der Waals surface area contributed by atoms with Crippen molar-refractivity contribution in [3.05, 3.63) is 59.9 Å². The number of hydrogen-bond acceptors (Lipinski definition) is 2. The number of aromatic nitrogens is 1. The Kier molecular flexibility index (Phi) is 4.50. The molecule has 4 nitrogen and oxygen atoms in total. The van der Waals surface area contributed by atoms with Gasteiger partial charge in [0, 0.05) is 24.6 Å². The maximum atomic E-state index is 11.8. The zero-order chi connectivity index (χ0) is 13.5. The van der Waals surface area contributed by atoms with Crippen molar-refractivity contribution >= 4 is 11.7 Å². The number of hydrogen-bond donors (Lipinski definition) is 2. The minimum atomic E-state index is -0.197. The number of para-hydroxylation sites is 1. The maximum Gasteiger partial charge on any atom is 0.319 e. The van der Waals surface area contributed by atoms with Crippen molar-refractivity contribution in [1.82, 2.24) is 10.3 Å². The number of pyridine rings is 1. The molecule has 0 saturated carbocycles. The van der Waals surface area contributed by atoms with Crippen LogP contribution >= 0.6 is 0 Å². The van der Waals surface area contributed by atoms with Gasteiger partial charge in [-0.3, -0.25) is 4.98 Å². The Hall–Kier alpha value is -2.36. The Morgan fingerprint density at radius 2 is 1.89 bits per heavy atom. The Morgan fingerprint density at radius 3 is 2.63 bits per heavy atom. The third kappa shape index (κ3) is 3.81. The first-order chi connectivity index (χ1) is 9.29. The van der Waals surface area contributed by atoms with Crippen molar-refractivity contribution in [2.24, 2.45) is 0 Å². The average Bonchev–Trinajstić information content (AvgIpc) is 2.47. The van der Waals surface area contributed by atoms with Gasteiger partial charge in [0.05, 0.1) is 0 Å². The largest absolute Gasteiger partial charge is 0.334 e. The lowest BCUT2D eigenvalue weighted by Gasteiger charge is -2.10. The van der Waals surface area contributed by atoms with Crippen LogP contribution in [0.3, 0.4) is 0 Å². The molecule has 0 saturated heterocycles. The van der Waals surface area contributed by atoms with Crippen LogP contribution in [0.4, 0.5) is 10.5 Å². The molecule has 0 radical (unpaired) electrons. The van der Waals surface area contributed by atoms with Gasteiger partial charge in [-0.1, -0.05) is 25.1 Å². The van der Waals surface area contributed by atoms with Crippen LogP contribution in [0.1, 0.15) is 18.1 Å². The van der Waals surface area contributed by atoms with Crippen LogP contribution in [0.15, 0.2) is 48.8 Å². The van der Waals surface area contributed by atoms with Gasteiger partial charge in [-0.05, 0) is 35.7 Å². The van der Waals surface area contributed by atoms with Crippen molar-refractivity contribution in [3.63, 3.8) is 0 Å². The van der Waals surface area contributed by atoms with E-state index in [1.807, 2.05) is 36.4 Å². The van der Waals surface area contributed by atoms with Gasteiger partial charge in [-0.25, -0.2) is 4.79 Å². The highest BCUT2D eigenvalue weighted by molar-refractivity contribution is 5.90. The van der Waals surface area contributed by atoms with E-state index < -0.39 is 0 Å². The highest BCUT2D eigenvalue weighted by Crippen LogP contribution is 2.15. The summed E-state index contributed by atoms with van der Waals surface area (Å²) in [6.45, 7) is 2.55. The fraction of sp³-hybridized carbons (Fsp3) is 0.200. The van der Waals surface area contributed by atoms with Gasteiger partial charge in [0.1, 0.15) is 0 Å². The van der Waals surface area contributed by atoms with Crippen molar-refractivity contribution in [2.45, 2.75) is 19.9 Å². The van der Waals surface area contributed by atoms with Crippen LogP contribution in [-0.2, 0) is 13.0 Å². The summed E-state index contributed by atoms with van der Waals surface area (Å²) < 4.78 is 0. The van der Waals surface area contributed by atoms with E-state index in [-0.39, 0.29) is 6.03 Å². The van der Waals surface area contributed by atoms with Crippen LogP contribution in [0.25, 0.3) is 0 Å². The lowest BCUT2D eigenvalue weighted by Crippen LogP contribution is -2.28. The molecule has 2 N–H and O–H groups in total. The van der Waals surface area contributed by atoms with E-state index in [9.17, 15) is 4.79 Å². The first-order valence-electron chi connectivity index (χ1n) is 6.31. The summed E-state index contributed by atoms with van der Waals surface area (Å²) in [5.41, 5.74) is 3.01. The molecule has 2 rings (SSSR count). The summed E-state index contributed by atoms with van der Waals surface area (Å²) in [5.74, 6) is 0. The molecule has 2 amide bonds. The SMILES string of the molecule is CCc1ccccc1NC(=O)NCc1ccncc1. The Bertz CT molecular complexity index is 540. The van der Waals surface area contributed by atoms with E-state index in [0.29, 0.717) is 6.54 Å². The normalized spacial score (nSPS) is 9.95. The highest BCUT2D eigenvalue weighted by atomic mass is 16.2. The molecule has 0 aliphatic rings. The summed E-state index contributed by atoms with van der Waals surface area (Å²) in [6.07, 6.45) is 4.31. The third-order valence-corrected chi connectivity index (χ3v) is 2.85. The van der Waals surface area contributed by atoms with E-state index in [4.69, 9.17) is 0 Å². The van der Waals surface area contributed by atoms with Crippen LogP contribution in [0.5, 0.6) is 0 Å². The number of benzene rings is 1. The smallest absolute Gasteiger partial charge is 0.319 e. The zero-order valence-electron chi connectivity index (χ0n) is 10.9. The number of nitrogens with zero attached hydrogens (tertiary/aromatic N) is 1. The van der Waals surface area contributed by atoms with E-state index in [0.717, 1.165) is 23.2 Å². The number of carbonyl (C=O) groups excluding carboxylic acids is 1. The molecule has 0 atom stereocenters. The molecule has 0 fully saturated rings. The standard InChI is InChI=1S/C15H17N3O/c1-2-13-5-3-4-6-14(13)18-15(19)17-11-12-7-9-16-10-8-12/h3-10H,2,11H2,1H3,(H2,17,18,19). The third-order valence-electron chi connectivity index (χ3n) is 2.85. The van der Waals surface area contributed by atoms with E-state index in [1.165, 1.54) is 0 Å². The lowest BCUT2D eigenvalue weighted by molar-refractivity contribution is 0.251. The van der Waals surface area contributed by atoms with Crippen molar-refractivity contribution in [1.29, 1.82) is 0 Å². The Labute approximate surface area is 112 Å². The molecular weight excluding hydrogens is 238 g/mol. The van der Waals surface area contributed by atoms with Gasteiger partial charge < -0.3 is 10.6 Å². The summed E-state index contributed by atoms with van der Waals surface area (Å²) in [6, 6.07) is 11.4. The number of anilines is 1. The number of rotatable bonds is 4. The first kappa shape index (κ1) is 13.1. The number of carbonyl (C=O) groups is 1. The maximum absolute atomic E-state index is 11.8. The second kappa shape index (κ2) is 6.54. The second-order valence-corrected chi connectivity index (χ2v) is 4.17. The van der Waals surface area contributed by atoms with Crippen LogP contribution in [0.2, 0.25) is 0 Å². The Morgan fingerprint density at radius 1 is 1.16 bits per heavy atom. The molecule has 0 aliphatic carbocycles. The minimum absolute atomic E-state index is 0.197. The topological polar surface area (TPSA) is 54.0 Å². The van der Waals surface area contributed by atoms with E-state index >= 15 is 0 Å². The van der Waals surface area contributed by atoms with Gasteiger partial charge in [0.25, 0.3) is 0 Å². The molecule has 98 valence electrons. The first-order valence-corrected chi connectivity index (χ1v) is 6.31. The van der Waals surface area contributed by atoms with Gasteiger partial charge >= 0.3 is 6.03 Å².